The third-order valence-electron chi connectivity index (χ3n) is 1.74. The average molecular weight is 321 g/mol. The Morgan fingerprint density at radius 1 is 0.882 bits per heavy atom. The van der Waals surface area contributed by atoms with Gasteiger partial charge in [-0.15, -0.1) is 0 Å². The average Bonchev–Trinajstić information content (AvgIpc) is 2.19. The first-order valence-corrected chi connectivity index (χ1v) is 6.84. The molecule has 0 fully saturated rings. The van der Waals surface area contributed by atoms with Crippen LogP contribution in [-0.4, -0.2) is 68.7 Å². The normalized spacial score (nSPS) is 8.24. The maximum absolute atomic E-state index is 4.72. The molecule has 0 spiro atoms. The van der Waals surface area contributed by atoms with Crippen LogP contribution in [0.5, 0.6) is 0 Å². The van der Waals surface area contributed by atoms with Gasteiger partial charge in [-0.05, 0) is 12.8 Å². The second-order valence-corrected chi connectivity index (χ2v) is 5.44. The number of rotatable bonds is 4. The molecule has 0 heterocycles. The molecule has 0 saturated carbocycles. The molecule has 7 heteroatoms. The van der Waals surface area contributed by atoms with Gasteiger partial charge < -0.3 is 59.5 Å². The van der Waals surface area contributed by atoms with E-state index >= 15 is 0 Å². The Kier molecular flexibility index (Phi) is 20.5. The van der Waals surface area contributed by atoms with Gasteiger partial charge in [-0.3, -0.25) is 0 Å². The maximum Gasteiger partial charge on any atom is 2.00 e. The van der Waals surface area contributed by atoms with E-state index in [9.17, 15) is 0 Å². The first-order valence-electron chi connectivity index (χ1n) is 5.20. The van der Waals surface area contributed by atoms with E-state index in [2.05, 4.69) is 13.8 Å². The van der Waals surface area contributed by atoms with Crippen molar-refractivity contribution >= 4 is 81.4 Å². The number of thiocarbonyl (C=S) groups is 2. The molecule has 96 valence electrons. The van der Waals surface area contributed by atoms with Gasteiger partial charge in [0.1, 0.15) is 0 Å². The van der Waals surface area contributed by atoms with Gasteiger partial charge in [-0.25, -0.2) is 0 Å². The summed E-state index contributed by atoms with van der Waals surface area (Å²) in [5.74, 6) is 0. The van der Waals surface area contributed by atoms with Gasteiger partial charge in [0.2, 0.25) is 0 Å². The topological polar surface area (TPSA) is 6.48 Å². The predicted molar refractivity (Wildman–Crippen MR) is 91.5 cm³/mol. The van der Waals surface area contributed by atoms with Crippen LogP contribution in [0.15, 0.2) is 0 Å². The summed E-state index contributed by atoms with van der Waals surface area (Å²) in [6, 6.07) is 0. The molecule has 0 bridgehead atoms. The van der Waals surface area contributed by atoms with Crippen LogP contribution in [0, 0.1) is 0 Å². The standard InChI is InChI=1S/2C5H11NS2.Mg/c2*1-3-4-6(2)5(7)8;/h2*3-4H2,1-2H3,(H,7,8);/q;;+2/p-2. The second kappa shape index (κ2) is 15.0. The molecule has 0 aromatic heterocycles. The molecule has 0 amide bonds. The molecule has 0 aliphatic carbocycles. The van der Waals surface area contributed by atoms with E-state index in [1.54, 1.807) is 0 Å². The number of hydrogen-bond donors (Lipinski definition) is 0. The quantitative estimate of drug-likeness (QED) is 0.440. The Hall–Kier alpha value is 0.986. The molecule has 0 aromatic rings. The zero-order chi connectivity index (χ0) is 13.1. The van der Waals surface area contributed by atoms with Gasteiger partial charge in [-0.2, -0.15) is 0 Å². The molecule has 0 aliphatic rings. The second-order valence-electron chi connectivity index (χ2n) is 3.37. The van der Waals surface area contributed by atoms with Crippen molar-refractivity contribution in [2.75, 3.05) is 27.2 Å². The van der Waals surface area contributed by atoms with Crippen LogP contribution in [0.3, 0.4) is 0 Å². The smallest absolute Gasteiger partial charge is 0.411 e. The molecule has 0 unspecified atom stereocenters. The van der Waals surface area contributed by atoms with Crippen molar-refractivity contribution in [1.82, 2.24) is 9.80 Å². The van der Waals surface area contributed by atoms with Crippen molar-refractivity contribution in [3.8, 4) is 0 Å². The summed E-state index contributed by atoms with van der Waals surface area (Å²) in [4.78, 5) is 3.79. The minimum Gasteiger partial charge on any atom is -0.411 e. The van der Waals surface area contributed by atoms with Crippen LogP contribution in [0.2, 0.25) is 0 Å². The first-order chi connectivity index (χ1) is 7.36. The van der Waals surface area contributed by atoms with Gasteiger partial charge in [0.05, 0.1) is 0 Å². The molecular formula is C10H20MgN2S4. The van der Waals surface area contributed by atoms with E-state index in [0.717, 1.165) is 25.9 Å². The van der Waals surface area contributed by atoms with Crippen LogP contribution < -0.4 is 0 Å². The molecule has 0 atom stereocenters. The maximum atomic E-state index is 4.72. The van der Waals surface area contributed by atoms with Crippen molar-refractivity contribution in [2.24, 2.45) is 0 Å². The summed E-state index contributed by atoms with van der Waals surface area (Å²) in [6.45, 7) is 6.15. The van der Waals surface area contributed by atoms with Crippen molar-refractivity contribution in [2.45, 2.75) is 26.7 Å². The summed E-state index contributed by atoms with van der Waals surface area (Å²) < 4.78 is 1.12. The molecule has 0 radical (unpaired) electrons. The van der Waals surface area contributed by atoms with E-state index in [0.29, 0.717) is 8.64 Å². The van der Waals surface area contributed by atoms with Gasteiger partial charge in [0, 0.05) is 27.2 Å². The Labute approximate surface area is 144 Å². The first kappa shape index (κ1) is 23.1. The van der Waals surface area contributed by atoms with Crippen LogP contribution in [0.25, 0.3) is 0 Å². The third kappa shape index (κ3) is 17.0. The van der Waals surface area contributed by atoms with E-state index in [4.69, 9.17) is 49.7 Å². The van der Waals surface area contributed by atoms with Gasteiger partial charge in [0.15, 0.2) is 0 Å². The minimum absolute atomic E-state index is 0. The minimum atomic E-state index is 0. The van der Waals surface area contributed by atoms with Gasteiger partial charge in [-0.1, -0.05) is 22.5 Å². The molecule has 0 aromatic carbocycles. The zero-order valence-electron chi connectivity index (χ0n) is 11.1. The fourth-order valence-corrected chi connectivity index (χ4v) is 1.22. The van der Waals surface area contributed by atoms with Crippen molar-refractivity contribution in [3.05, 3.63) is 0 Å². The van der Waals surface area contributed by atoms with Crippen LogP contribution in [0.1, 0.15) is 26.7 Å². The summed E-state index contributed by atoms with van der Waals surface area (Å²) in [5.41, 5.74) is 0. The van der Waals surface area contributed by atoms with Crippen molar-refractivity contribution in [1.29, 1.82) is 0 Å². The molecular weight excluding hydrogens is 301 g/mol. The summed E-state index contributed by atoms with van der Waals surface area (Å²) in [5, 5.41) is 0. The van der Waals surface area contributed by atoms with Gasteiger partial charge in [0.25, 0.3) is 0 Å². The fourth-order valence-electron chi connectivity index (χ4n) is 0.853. The molecule has 2 nitrogen and oxygen atoms in total. The summed E-state index contributed by atoms with van der Waals surface area (Å²) in [7, 11) is 3.83. The Balaban J connectivity index is -0.000000218. The fraction of sp³-hybridized carbons (Fsp3) is 0.800. The Bertz CT molecular complexity index is 192. The SMILES string of the molecule is CCCN(C)C(=S)[S-].CCCN(C)C(=S)[S-].[Mg+2]. The third-order valence-corrected chi connectivity index (χ3v) is 2.99. The molecule has 0 aliphatic heterocycles. The number of nitrogens with zero attached hydrogens (tertiary/aromatic N) is 2. The monoisotopic (exact) mass is 320 g/mol. The van der Waals surface area contributed by atoms with Gasteiger partial charge >= 0.3 is 23.1 Å². The van der Waals surface area contributed by atoms with E-state index in [-0.39, 0.29) is 23.1 Å². The van der Waals surface area contributed by atoms with E-state index in [1.807, 2.05) is 23.9 Å². The predicted octanol–water partition coefficient (Wildman–Crippen LogP) is 1.94. The molecule has 17 heavy (non-hydrogen) atoms. The Morgan fingerprint density at radius 2 is 1.12 bits per heavy atom. The van der Waals surface area contributed by atoms with Crippen LogP contribution >= 0.6 is 24.4 Å². The number of hydrogen-bond acceptors (Lipinski definition) is 4. The summed E-state index contributed by atoms with van der Waals surface area (Å²) in [6.07, 6.45) is 2.21. The van der Waals surface area contributed by atoms with Crippen molar-refractivity contribution in [3.63, 3.8) is 0 Å². The summed E-state index contributed by atoms with van der Waals surface area (Å²) >= 11 is 18.9. The van der Waals surface area contributed by atoms with Crippen LogP contribution in [0.4, 0.5) is 0 Å². The molecule has 0 saturated heterocycles. The van der Waals surface area contributed by atoms with E-state index in [1.165, 1.54) is 0 Å². The Morgan fingerprint density at radius 3 is 1.18 bits per heavy atom. The molecule has 0 N–H and O–H groups in total. The van der Waals surface area contributed by atoms with Crippen LogP contribution in [-0.2, 0) is 25.3 Å². The van der Waals surface area contributed by atoms with E-state index < -0.39 is 0 Å². The largest absolute Gasteiger partial charge is 2.00 e. The van der Waals surface area contributed by atoms with Crippen molar-refractivity contribution < 1.29 is 0 Å². The zero-order valence-corrected chi connectivity index (χ0v) is 15.7. The molecule has 0 rings (SSSR count).